The van der Waals surface area contributed by atoms with Crippen LogP contribution in [0.1, 0.15) is 64.5 Å². The summed E-state index contributed by atoms with van der Waals surface area (Å²) in [5, 5.41) is 9.12. The van der Waals surface area contributed by atoms with E-state index in [0.717, 1.165) is 67.8 Å². The molecule has 0 bridgehead atoms. The number of likely N-dealkylation sites (N-methyl/N-ethyl adjacent to an activating group) is 1. The third-order valence-corrected chi connectivity index (χ3v) is 6.30. The number of fused-ring (bicyclic) bond motifs is 4. The van der Waals surface area contributed by atoms with Crippen molar-refractivity contribution in [1.29, 1.82) is 0 Å². The van der Waals surface area contributed by atoms with Crippen molar-refractivity contribution in [3.05, 3.63) is 83.5 Å². The van der Waals surface area contributed by atoms with Crippen molar-refractivity contribution in [1.82, 2.24) is 15.6 Å². The van der Waals surface area contributed by atoms with Crippen LogP contribution in [0.2, 0.25) is 0 Å². The zero-order valence-electron chi connectivity index (χ0n) is 23.5. The van der Waals surface area contributed by atoms with E-state index in [4.69, 9.17) is 9.98 Å². The molecule has 0 fully saturated rings. The van der Waals surface area contributed by atoms with Gasteiger partial charge in [0.2, 0.25) is 0 Å². The van der Waals surface area contributed by atoms with E-state index in [-0.39, 0.29) is 0 Å². The molecule has 0 aliphatic carbocycles. The molecule has 4 nitrogen and oxygen atoms in total. The lowest BCUT2D eigenvalue weighted by Crippen LogP contribution is -2.13. The molecule has 2 aromatic carbocycles. The summed E-state index contributed by atoms with van der Waals surface area (Å²) in [6.07, 6.45) is 11.5. The van der Waals surface area contributed by atoms with Crippen LogP contribution in [0.3, 0.4) is 0 Å². The number of pyridine rings is 1. The van der Waals surface area contributed by atoms with Gasteiger partial charge in [-0.2, -0.15) is 0 Å². The van der Waals surface area contributed by atoms with Crippen LogP contribution in [0.15, 0.2) is 77.3 Å². The lowest BCUT2D eigenvalue weighted by molar-refractivity contribution is 0.676. The second-order valence-corrected chi connectivity index (χ2v) is 9.64. The van der Waals surface area contributed by atoms with Crippen molar-refractivity contribution in [3.8, 4) is 0 Å². The number of rotatable bonds is 10. The topological polar surface area (TPSA) is 49.3 Å². The lowest BCUT2D eigenvalue weighted by Gasteiger charge is -2.10. The highest BCUT2D eigenvalue weighted by atomic mass is 14.8. The molecule has 1 aliphatic heterocycles. The number of nitrogens with one attached hydrogen (secondary N) is 2. The van der Waals surface area contributed by atoms with Gasteiger partial charge in [-0.15, -0.1) is 6.58 Å². The quantitative estimate of drug-likeness (QED) is 0.170. The second kappa shape index (κ2) is 14.6. The van der Waals surface area contributed by atoms with E-state index in [1.54, 1.807) is 0 Å². The number of hydrogen-bond donors (Lipinski definition) is 2. The maximum atomic E-state index is 5.11. The van der Waals surface area contributed by atoms with E-state index in [1.165, 1.54) is 39.5 Å². The maximum absolute atomic E-state index is 5.11. The molecule has 2 heterocycles. The number of aromatic nitrogens is 1. The molecule has 0 radical (unpaired) electrons. The molecule has 1 aromatic heterocycles. The predicted octanol–water partition coefficient (Wildman–Crippen LogP) is 7.99. The monoisotopic (exact) mass is 496 g/mol. The molecule has 196 valence electrons. The summed E-state index contributed by atoms with van der Waals surface area (Å²) >= 11 is 0. The third-order valence-electron chi connectivity index (χ3n) is 6.30. The Morgan fingerprint density at radius 3 is 2.57 bits per heavy atom. The van der Waals surface area contributed by atoms with E-state index in [2.05, 4.69) is 93.5 Å². The zero-order chi connectivity index (χ0) is 26.6. The van der Waals surface area contributed by atoms with E-state index >= 15 is 0 Å². The largest absolute Gasteiger partial charge is 0.316 e. The van der Waals surface area contributed by atoms with Gasteiger partial charge < -0.3 is 10.6 Å². The van der Waals surface area contributed by atoms with Gasteiger partial charge in [0.1, 0.15) is 0 Å². The van der Waals surface area contributed by atoms with Gasteiger partial charge in [0.05, 0.1) is 16.7 Å². The van der Waals surface area contributed by atoms with E-state index in [1.807, 2.05) is 13.1 Å². The first-order valence-corrected chi connectivity index (χ1v) is 13.9. The molecular weight excluding hydrogens is 452 g/mol. The van der Waals surface area contributed by atoms with Crippen LogP contribution in [-0.2, 0) is 13.0 Å². The molecule has 0 amide bonds. The van der Waals surface area contributed by atoms with E-state index < -0.39 is 0 Å². The number of hydrogen-bond acceptors (Lipinski definition) is 4. The van der Waals surface area contributed by atoms with Crippen molar-refractivity contribution >= 4 is 33.2 Å². The smallest absolute Gasteiger partial charge is 0.0766 e. The van der Waals surface area contributed by atoms with Gasteiger partial charge in [-0.3, -0.25) is 4.99 Å². The molecule has 0 saturated carbocycles. The minimum atomic E-state index is 0.823. The highest BCUT2D eigenvalue weighted by molar-refractivity contribution is 6.06. The third kappa shape index (κ3) is 7.47. The van der Waals surface area contributed by atoms with Gasteiger partial charge in [-0.05, 0) is 74.7 Å². The van der Waals surface area contributed by atoms with E-state index in [0.29, 0.717) is 0 Å². The Kier molecular flexibility index (Phi) is 11.2. The number of aliphatic imine (C=N–C) groups is 1. The molecule has 0 saturated heterocycles. The van der Waals surface area contributed by atoms with Crippen LogP contribution in [0.25, 0.3) is 21.8 Å². The Bertz CT molecular complexity index is 1300. The zero-order valence-corrected chi connectivity index (χ0v) is 23.5. The summed E-state index contributed by atoms with van der Waals surface area (Å²) < 4.78 is 0. The first-order valence-electron chi connectivity index (χ1n) is 13.9. The number of allylic oxidation sites excluding steroid dienone is 4. The minimum Gasteiger partial charge on any atom is -0.316 e. The Morgan fingerprint density at radius 2 is 1.86 bits per heavy atom. The summed E-state index contributed by atoms with van der Waals surface area (Å²) in [5.74, 6) is 0. The first kappa shape index (κ1) is 28.5. The fourth-order valence-corrected chi connectivity index (χ4v) is 4.61. The second-order valence-electron chi connectivity index (χ2n) is 9.64. The van der Waals surface area contributed by atoms with E-state index in [9.17, 15) is 0 Å². The molecule has 1 aliphatic rings. The van der Waals surface area contributed by atoms with Crippen LogP contribution in [0, 0.1) is 0 Å². The predicted molar refractivity (Wildman–Crippen MR) is 163 cm³/mol. The van der Waals surface area contributed by atoms with Crippen LogP contribution < -0.4 is 10.6 Å². The van der Waals surface area contributed by atoms with Gasteiger partial charge in [0, 0.05) is 35.1 Å². The highest BCUT2D eigenvalue weighted by Crippen LogP contribution is 2.33. The first-order chi connectivity index (χ1) is 18.1. The van der Waals surface area contributed by atoms with Crippen molar-refractivity contribution in [3.63, 3.8) is 0 Å². The standard InChI is InChI=1S/C30H36N4.C3H8/c1-5-8-21(19-31-4)16-23-10-12-26-29(33-27(23)7-3)14-11-24-18-25-17-22(20-32-15-6-2)9-13-28(25)34-30(24)26;1-3-2/h5,9-11,13-14,16-18,31-32H,1,6-8,12,15,19-20H2,2-4H3;3H2,1-2H3/b21-16+;. The fraction of sp³-hybridized carbons (Fsp3) is 0.394. The molecule has 0 atom stereocenters. The maximum Gasteiger partial charge on any atom is 0.0766 e. The Labute approximate surface area is 223 Å². The van der Waals surface area contributed by atoms with Gasteiger partial charge in [0.25, 0.3) is 0 Å². The van der Waals surface area contributed by atoms with Gasteiger partial charge >= 0.3 is 0 Å². The van der Waals surface area contributed by atoms with Gasteiger partial charge in [0.15, 0.2) is 0 Å². The van der Waals surface area contributed by atoms with Crippen molar-refractivity contribution in [2.45, 2.75) is 66.3 Å². The highest BCUT2D eigenvalue weighted by Gasteiger charge is 2.15. The summed E-state index contributed by atoms with van der Waals surface area (Å²) in [6.45, 7) is 15.3. The minimum absolute atomic E-state index is 0.823. The van der Waals surface area contributed by atoms with Gasteiger partial charge in [-0.25, -0.2) is 4.98 Å². The van der Waals surface area contributed by atoms with Crippen LogP contribution in [0.4, 0.5) is 5.69 Å². The molecule has 4 rings (SSSR count). The lowest BCUT2D eigenvalue weighted by atomic mass is 10.00. The summed E-state index contributed by atoms with van der Waals surface area (Å²) in [6, 6.07) is 13.2. The summed E-state index contributed by atoms with van der Waals surface area (Å²) in [4.78, 5) is 10.2. The number of benzene rings is 2. The van der Waals surface area contributed by atoms with Crippen molar-refractivity contribution in [2.75, 3.05) is 20.1 Å². The van der Waals surface area contributed by atoms with Gasteiger partial charge in [-0.1, -0.05) is 70.0 Å². The Morgan fingerprint density at radius 1 is 1.05 bits per heavy atom. The normalized spacial score (nSPS) is 13.4. The van der Waals surface area contributed by atoms with Crippen molar-refractivity contribution in [2.24, 2.45) is 4.99 Å². The Balaban J connectivity index is 0.00000121. The molecule has 0 spiro atoms. The van der Waals surface area contributed by atoms with Crippen LogP contribution in [0.5, 0.6) is 0 Å². The molecule has 2 N–H and O–H groups in total. The molecule has 3 aromatic rings. The molecule has 0 unspecified atom stereocenters. The van der Waals surface area contributed by atoms with Crippen molar-refractivity contribution < 1.29 is 0 Å². The summed E-state index contributed by atoms with van der Waals surface area (Å²) in [5.41, 5.74) is 9.29. The van der Waals surface area contributed by atoms with Crippen LogP contribution in [-0.4, -0.2) is 30.8 Å². The molecule has 37 heavy (non-hydrogen) atoms. The Hall–Kier alpha value is -3.08. The fourth-order valence-electron chi connectivity index (χ4n) is 4.61. The average Bonchev–Trinajstić information content (AvgIpc) is 3.07. The average molecular weight is 497 g/mol. The molecular formula is C33H44N4. The van der Waals surface area contributed by atoms with Crippen LogP contribution >= 0.6 is 0 Å². The summed E-state index contributed by atoms with van der Waals surface area (Å²) in [7, 11) is 1.98. The molecule has 4 heteroatoms. The SMILES string of the molecule is C=CC/C(=C\C1=CCc2c(ccc3cc4cc(CNCCC)ccc4nc23)N=C1CC)CNC.CCC. The number of nitrogens with zero attached hydrogens (tertiary/aromatic N) is 2.